The third-order valence-corrected chi connectivity index (χ3v) is 4.29. The molecule has 2 aromatic carbocycles. The number of rotatable bonds is 5. The maximum absolute atomic E-state index is 12.5. The van der Waals surface area contributed by atoms with Gasteiger partial charge in [-0.25, -0.2) is 14.6 Å². The van der Waals surface area contributed by atoms with E-state index in [0.717, 1.165) is 16.8 Å². The fraction of sp³-hybridized carbons (Fsp3) is 0.100. The SMILES string of the molecule is C[C@H](NC(=O)c1ccc(-c2cnco2)cc1)c1ccc(-n2cncn2)cc1. The Balaban J connectivity index is 1.43. The highest BCUT2D eigenvalue weighted by Gasteiger charge is 2.12. The van der Waals surface area contributed by atoms with Gasteiger partial charge < -0.3 is 9.73 Å². The second-order valence-corrected chi connectivity index (χ2v) is 6.07. The number of carbonyl (C=O) groups is 1. The van der Waals surface area contributed by atoms with Crippen molar-refractivity contribution in [2.75, 3.05) is 0 Å². The number of nitrogens with one attached hydrogen (secondary N) is 1. The first-order valence-electron chi connectivity index (χ1n) is 8.45. The molecule has 7 heteroatoms. The van der Waals surface area contributed by atoms with E-state index in [1.807, 2.05) is 43.3 Å². The molecule has 0 aliphatic rings. The molecule has 27 heavy (non-hydrogen) atoms. The van der Waals surface area contributed by atoms with Gasteiger partial charge >= 0.3 is 0 Å². The number of carbonyl (C=O) groups excluding carboxylic acids is 1. The third-order valence-electron chi connectivity index (χ3n) is 4.29. The molecule has 4 aromatic rings. The van der Waals surface area contributed by atoms with Gasteiger partial charge in [0.05, 0.1) is 17.9 Å². The quantitative estimate of drug-likeness (QED) is 0.590. The molecule has 2 heterocycles. The molecule has 0 saturated heterocycles. The Morgan fingerprint density at radius 3 is 2.48 bits per heavy atom. The second-order valence-electron chi connectivity index (χ2n) is 6.07. The van der Waals surface area contributed by atoms with Gasteiger partial charge in [-0.1, -0.05) is 24.3 Å². The number of aromatic nitrogens is 4. The van der Waals surface area contributed by atoms with Crippen LogP contribution < -0.4 is 5.32 Å². The van der Waals surface area contributed by atoms with E-state index in [0.29, 0.717) is 11.3 Å². The van der Waals surface area contributed by atoms with Crippen molar-refractivity contribution in [3.05, 3.63) is 84.9 Å². The molecule has 134 valence electrons. The molecule has 1 amide bonds. The zero-order chi connectivity index (χ0) is 18.6. The van der Waals surface area contributed by atoms with Crippen molar-refractivity contribution in [1.82, 2.24) is 25.1 Å². The zero-order valence-corrected chi connectivity index (χ0v) is 14.6. The molecular weight excluding hydrogens is 342 g/mol. The Bertz CT molecular complexity index is 1010. The van der Waals surface area contributed by atoms with Gasteiger partial charge in [0.15, 0.2) is 12.2 Å². The van der Waals surface area contributed by atoms with E-state index in [2.05, 4.69) is 20.4 Å². The fourth-order valence-corrected chi connectivity index (χ4v) is 2.76. The first-order chi connectivity index (χ1) is 13.2. The van der Waals surface area contributed by atoms with Gasteiger partial charge in [0, 0.05) is 11.1 Å². The average molecular weight is 359 g/mol. The van der Waals surface area contributed by atoms with Crippen molar-refractivity contribution >= 4 is 5.91 Å². The lowest BCUT2D eigenvalue weighted by molar-refractivity contribution is 0.0940. The first kappa shape index (κ1) is 16.7. The normalized spacial score (nSPS) is 11.9. The number of hydrogen-bond donors (Lipinski definition) is 1. The molecule has 0 saturated carbocycles. The molecule has 0 aliphatic carbocycles. The predicted octanol–water partition coefficient (Wildman–Crippen LogP) is 3.41. The number of nitrogens with zero attached hydrogens (tertiary/aromatic N) is 4. The highest BCUT2D eigenvalue weighted by Crippen LogP contribution is 2.20. The van der Waals surface area contributed by atoms with Crippen molar-refractivity contribution in [3.8, 4) is 17.0 Å². The minimum atomic E-state index is -0.132. The summed E-state index contributed by atoms with van der Waals surface area (Å²) in [5, 5.41) is 7.11. The van der Waals surface area contributed by atoms with Crippen molar-refractivity contribution in [2.45, 2.75) is 13.0 Å². The fourth-order valence-electron chi connectivity index (χ4n) is 2.76. The summed E-state index contributed by atoms with van der Waals surface area (Å²) in [5.74, 6) is 0.537. The van der Waals surface area contributed by atoms with Gasteiger partial charge in [0.2, 0.25) is 0 Å². The monoisotopic (exact) mass is 359 g/mol. The van der Waals surface area contributed by atoms with Crippen LogP contribution in [-0.2, 0) is 0 Å². The lowest BCUT2D eigenvalue weighted by atomic mass is 10.1. The number of oxazole rings is 1. The highest BCUT2D eigenvalue weighted by atomic mass is 16.3. The van der Waals surface area contributed by atoms with Crippen molar-refractivity contribution < 1.29 is 9.21 Å². The van der Waals surface area contributed by atoms with Gasteiger partial charge in [-0.2, -0.15) is 5.10 Å². The Labute approximate surface area is 155 Å². The molecular formula is C20H17N5O2. The summed E-state index contributed by atoms with van der Waals surface area (Å²) in [6.07, 6.45) is 6.15. The largest absolute Gasteiger partial charge is 0.444 e. The second kappa shape index (κ2) is 7.25. The molecule has 1 atom stereocenters. The Kier molecular flexibility index (Phi) is 4.49. The van der Waals surface area contributed by atoms with Crippen LogP contribution in [-0.4, -0.2) is 25.7 Å². The van der Waals surface area contributed by atoms with E-state index in [4.69, 9.17) is 4.42 Å². The van der Waals surface area contributed by atoms with Crippen LogP contribution in [0.1, 0.15) is 28.9 Å². The predicted molar refractivity (Wildman–Crippen MR) is 99.2 cm³/mol. The first-order valence-corrected chi connectivity index (χ1v) is 8.45. The summed E-state index contributed by atoms with van der Waals surface area (Å²) in [5.41, 5.74) is 3.38. The number of hydrogen-bond acceptors (Lipinski definition) is 5. The van der Waals surface area contributed by atoms with E-state index in [-0.39, 0.29) is 11.9 Å². The summed E-state index contributed by atoms with van der Waals surface area (Å²) in [6.45, 7) is 1.95. The van der Waals surface area contributed by atoms with Crippen LogP contribution >= 0.6 is 0 Å². The molecule has 0 aliphatic heterocycles. The molecule has 7 nitrogen and oxygen atoms in total. The van der Waals surface area contributed by atoms with Crippen LogP contribution in [0.4, 0.5) is 0 Å². The van der Waals surface area contributed by atoms with Crippen molar-refractivity contribution in [2.24, 2.45) is 0 Å². The summed E-state index contributed by atoms with van der Waals surface area (Å²) in [6, 6.07) is 14.9. The smallest absolute Gasteiger partial charge is 0.251 e. The zero-order valence-electron chi connectivity index (χ0n) is 14.6. The third kappa shape index (κ3) is 3.62. The molecule has 1 N–H and O–H groups in total. The van der Waals surface area contributed by atoms with E-state index in [9.17, 15) is 4.79 Å². The summed E-state index contributed by atoms with van der Waals surface area (Å²) >= 11 is 0. The number of amides is 1. The molecule has 0 radical (unpaired) electrons. The Morgan fingerprint density at radius 2 is 1.85 bits per heavy atom. The van der Waals surface area contributed by atoms with Gasteiger partial charge in [0.25, 0.3) is 5.91 Å². The lowest BCUT2D eigenvalue weighted by Gasteiger charge is -2.15. The van der Waals surface area contributed by atoms with E-state index < -0.39 is 0 Å². The summed E-state index contributed by atoms with van der Waals surface area (Å²) < 4.78 is 6.94. The number of benzene rings is 2. The Hall–Kier alpha value is -3.74. The van der Waals surface area contributed by atoms with E-state index in [1.54, 1.807) is 29.3 Å². The molecule has 0 fully saturated rings. The average Bonchev–Trinajstić information content (AvgIpc) is 3.42. The van der Waals surface area contributed by atoms with Gasteiger partial charge in [-0.15, -0.1) is 0 Å². The standard InChI is InChI=1S/C20H17N5O2/c1-14(15-6-8-18(9-7-15)25-12-22-11-23-25)24-20(26)17-4-2-16(3-5-17)19-10-21-13-27-19/h2-14H,1H3,(H,24,26)/t14-/m0/s1. The molecule has 0 unspecified atom stereocenters. The Morgan fingerprint density at radius 1 is 1.07 bits per heavy atom. The topological polar surface area (TPSA) is 85.8 Å². The van der Waals surface area contributed by atoms with Crippen LogP contribution in [0.3, 0.4) is 0 Å². The molecule has 4 rings (SSSR count). The molecule has 2 aromatic heterocycles. The van der Waals surface area contributed by atoms with Crippen LogP contribution in [0, 0.1) is 0 Å². The minimum absolute atomic E-state index is 0.128. The maximum Gasteiger partial charge on any atom is 0.251 e. The van der Waals surface area contributed by atoms with Crippen molar-refractivity contribution in [3.63, 3.8) is 0 Å². The molecule has 0 spiro atoms. The summed E-state index contributed by atoms with van der Waals surface area (Å²) in [4.78, 5) is 20.3. The van der Waals surface area contributed by atoms with Crippen LogP contribution in [0.2, 0.25) is 0 Å². The van der Waals surface area contributed by atoms with Crippen LogP contribution in [0.15, 0.2) is 78.2 Å². The van der Waals surface area contributed by atoms with Crippen molar-refractivity contribution in [1.29, 1.82) is 0 Å². The van der Waals surface area contributed by atoms with Crippen LogP contribution in [0.5, 0.6) is 0 Å². The summed E-state index contributed by atoms with van der Waals surface area (Å²) in [7, 11) is 0. The van der Waals surface area contributed by atoms with Gasteiger partial charge in [0.1, 0.15) is 12.7 Å². The lowest BCUT2D eigenvalue weighted by Crippen LogP contribution is -2.26. The molecule has 0 bridgehead atoms. The van der Waals surface area contributed by atoms with Crippen LogP contribution in [0.25, 0.3) is 17.0 Å². The van der Waals surface area contributed by atoms with Gasteiger partial charge in [-0.3, -0.25) is 4.79 Å². The minimum Gasteiger partial charge on any atom is -0.444 e. The maximum atomic E-state index is 12.5. The highest BCUT2D eigenvalue weighted by molar-refractivity contribution is 5.94. The van der Waals surface area contributed by atoms with Gasteiger partial charge in [-0.05, 0) is 36.8 Å². The van der Waals surface area contributed by atoms with E-state index >= 15 is 0 Å². The van der Waals surface area contributed by atoms with E-state index in [1.165, 1.54) is 12.7 Å².